The minimum atomic E-state index is 0.444. The molecule has 1 unspecified atom stereocenters. The number of aliphatic imine (C=N–C) groups is 1. The number of nitrogens with one attached hydrogen (secondary N) is 2. The Morgan fingerprint density at radius 3 is 2.81 bits per heavy atom. The highest BCUT2D eigenvalue weighted by Crippen LogP contribution is 2.17. The van der Waals surface area contributed by atoms with Crippen molar-refractivity contribution in [2.24, 2.45) is 4.99 Å². The Morgan fingerprint density at radius 1 is 1.23 bits per heavy atom. The molecule has 0 amide bonds. The van der Waals surface area contributed by atoms with Gasteiger partial charge in [0.15, 0.2) is 5.96 Å². The van der Waals surface area contributed by atoms with Gasteiger partial charge < -0.3 is 15.2 Å². The summed E-state index contributed by atoms with van der Waals surface area (Å²) < 4.78 is 2.16. The predicted molar refractivity (Wildman–Crippen MR) is 109 cm³/mol. The second-order valence-corrected chi connectivity index (χ2v) is 7.00. The number of rotatable bonds is 7. The van der Waals surface area contributed by atoms with Crippen LogP contribution in [0.25, 0.3) is 0 Å². The third-order valence-electron chi connectivity index (χ3n) is 4.32. The molecule has 0 aliphatic carbocycles. The van der Waals surface area contributed by atoms with E-state index >= 15 is 0 Å². The molecule has 6 heteroatoms. The Balaban J connectivity index is 1.52. The molecular weight excluding hydrogens is 342 g/mol. The molecule has 5 nitrogen and oxygen atoms in total. The van der Waals surface area contributed by atoms with Crippen LogP contribution in [0.5, 0.6) is 0 Å². The van der Waals surface area contributed by atoms with Crippen LogP contribution in [0.1, 0.15) is 29.8 Å². The van der Waals surface area contributed by atoms with E-state index in [4.69, 9.17) is 0 Å². The van der Waals surface area contributed by atoms with Crippen molar-refractivity contribution in [2.75, 3.05) is 13.6 Å². The summed E-state index contributed by atoms with van der Waals surface area (Å²) in [4.78, 5) is 8.79. The summed E-state index contributed by atoms with van der Waals surface area (Å²) >= 11 is 1.73. The number of imidazole rings is 1. The van der Waals surface area contributed by atoms with Crippen molar-refractivity contribution in [2.45, 2.75) is 25.9 Å². The molecule has 2 heterocycles. The van der Waals surface area contributed by atoms with Gasteiger partial charge in [0.05, 0.1) is 6.54 Å². The number of thiophene rings is 1. The molecule has 2 N–H and O–H groups in total. The number of guanidine groups is 1. The van der Waals surface area contributed by atoms with Crippen molar-refractivity contribution in [3.8, 4) is 0 Å². The number of benzene rings is 1. The molecule has 0 spiro atoms. The molecule has 2 aromatic heterocycles. The Hall–Kier alpha value is -2.60. The first-order valence-corrected chi connectivity index (χ1v) is 9.71. The summed E-state index contributed by atoms with van der Waals surface area (Å²) in [6.45, 7) is 4.51. The largest absolute Gasteiger partial charge is 0.356 e. The zero-order valence-corrected chi connectivity index (χ0v) is 16.0. The smallest absolute Gasteiger partial charge is 0.191 e. The zero-order chi connectivity index (χ0) is 18.2. The minimum Gasteiger partial charge on any atom is -0.356 e. The van der Waals surface area contributed by atoms with Gasteiger partial charge in [-0.25, -0.2) is 4.98 Å². The highest BCUT2D eigenvalue weighted by Gasteiger charge is 2.08. The first-order valence-electron chi connectivity index (χ1n) is 8.77. The fourth-order valence-corrected chi connectivity index (χ4v) is 3.52. The average Bonchev–Trinajstić information content (AvgIpc) is 3.35. The van der Waals surface area contributed by atoms with Crippen LogP contribution in [0, 0.1) is 0 Å². The van der Waals surface area contributed by atoms with Gasteiger partial charge in [-0.1, -0.05) is 37.3 Å². The van der Waals surface area contributed by atoms with E-state index in [1.54, 1.807) is 18.4 Å². The fourth-order valence-electron chi connectivity index (χ4n) is 2.74. The third-order valence-corrected chi connectivity index (χ3v) is 5.02. The molecular formula is C20H25N5S. The fraction of sp³-hybridized carbons (Fsp3) is 0.300. The molecule has 0 fully saturated rings. The lowest BCUT2D eigenvalue weighted by Crippen LogP contribution is -2.39. The van der Waals surface area contributed by atoms with Crippen molar-refractivity contribution in [3.05, 3.63) is 76.5 Å². The lowest BCUT2D eigenvalue weighted by atomic mass is 10.1. The van der Waals surface area contributed by atoms with E-state index in [0.29, 0.717) is 12.5 Å². The normalized spacial score (nSPS) is 12.8. The molecule has 0 saturated heterocycles. The second-order valence-electron chi connectivity index (χ2n) is 6.22. The molecule has 3 rings (SSSR count). The Morgan fingerprint density at radius 2 is 2.08 bits per heavy atom. The van der Waals surface area contributed by atoms with Gasteiger partial charge in [0, 0.05) is 32.5 Å². The molecule has 26 heavy (non-hydrogen) atoms. The summed E-state index contributed by atoms with van der Waals surface area (Å²) in [5, 5.41) is 11.1. The van der Waals surface area contributed by atoms with Crippen LogP contribution in [0.2, 0.25) is 0 Å². The van der Waals surface area contributed by atoms with Gasteiger partial charge in [-0.3, -0.25) is 4.99 Å². The zero-order valence-electron chi connectivity index (χ0n) is 15.2. The monoisotopic (exact) mass is 367 g/mol. The van der Waals surface area contributed by atoms with E-state index in [0.717, 1.165) is 24.9 Å². The van der Waals surface area contributed by atoms with Gasteiger partial charge in [0.1, 0.15) is 5.82 Å². The quantitative estimate of drug-likeness (QED) is 0.497. The summed E-state index contributed by atoms with van der Waals surface area (Å²) in [5.41, 5.74) is 2.62. The second kappa shape index (κ2) is 9.20. The molecule has 0 saturated carbocycles. The van der Waals surface area contributed by atoms with Crippen LogP contribution in [-0.4, -0.2) is 29.1 Å². The Labute approximate surface area is 158 Å². The van der Waals surface area contributed by atoms with E-state index in [9.17, 15) is 0 Å². The summed E-state index contributed by atoms with van der Waals surface area (Å²) in [7, 11) is 1.79. The highest BCUT2D eigenvalue weighted by atomic mass is 32.1. The Kier molecular flexibility index (Phi) is 6.44. The van der Waals surface area contributed by atoms with E-state index in [1.807, 2.05) is 18.5 Å². The maximum atomic E-state index is 4.47. The van der Waals surface area contributed by atoms with E-state index in [1.165, 1.54) is 11.1 Å². The minimum absolute atomic E-state index is 0.444. The predicted octanol–water partition coefficient (Wildman–Crippen LogP) is 3.46. The van der Waals surface area contributed by atoms with Crippen LogP contribution < -0.4 is 10.6 Å². The molecule has 0 radical (unpaired) electrons. The van der Waals surface area contributed by atoms with Crippen molar-refractivity contribution in [1.82, 2.24) is 20.2 Å². The molecule has 0 bridgehead atoms. The molecule has 136 valence electrons. The topological polar surface area (TPSA) is 54.2 Å². The van der Waals surface area contributed by atoms with Crippen LogP contribution in [0.15, 0.2) is 64.5 Å². The van der Waals surface area contributed by atoms with Crippen molar-refractivity contribution < 1.29 is 0 Å². The van der Waals surface area contributed by atoms with Crippen LogP contribution in [0.3, 0.4) is 0 Å². The molecule has 1 aromatic carbocycles. The van der Waals surface area contributed by atoms with Crippen LogP contribution in [-0.2, 0) is 13.1 Å². The lowest BCUT2D eigenvalue weighted by molar-refractivity contribution is 0.670. The van der Waals surface area contributed by atoms with Gasteiger partial charge in [0.2, 0.25) is 0 Å². The standard InChI is InChI=1S/C20H25N5S/c1-16(18-8-11-26-15-18)12-23-20(21-2)24-13-19-22-9-10-25(19)14-17-6-4-3-5-7-17/h3-11,15-16H,12-14H2,1-2H3,(H2,21,23,24). The molecule has 0 aliphatic rings. The maximum absolute atomic E-state index is 4.47. The Bertz CT molecular complexity index is 808. The maximum Gasteiger partial charge on any atom is 0.191 e. The lowest BCUT2D eigenvalue weighted by Gasteiger charge is -2.16. The van der Waals surface area contributed by atoms with E-state index < -0.39 is 0 Å². The SMILES string of the molecule is CN=C(NCc1nccn1Cc1ccccc1)NCC(C)c1ccsc1. The summed E-state index contributed by atoms with van der Waals surface area (Å²) in [5.74, 6) is 2.23. The van der Waals surface area contributed by atoms with E-state index in [2.05, 4.69) is 73.2 Å². The van der Waals surface area contributed by atoms with E-state index in [-0.39, 0.29) is 0 Å². The number of hydrogen-bond acceptors (Lipinski definition) is 3. The number of hydrogen-bond donors (Lipinski definition) is 2. The summed E-state index contributed by atoms with van der Waals surface area (Å²) in [6, 6.07) is 12.6. The van der Waals surface area contributed by atoms with Gasteiger partial charge in [0.25, 0.3) is 0 Å². The van der Waals surface area contributed by atoms with Crippen molar-refractivity contribution in [1.29, 1.82) is 0 Å². The highest BCUT2D eigenvalue weighted by molar-refractivity contribution is 7.07. The molecule has 1 atom stereocenters. The number of nitrogens with zero attached hydrogens (tertiary/aromatic N) is 3. The first-order chi connectivity index (χ1) is 12.8. The van der Waals surface area contributed by atoms with Crippen LogP contribution >= 0.6 is 11.3 Å². The van der Waals surface area contributed by atoms with Crippen molar-refractivity contribution >= 4 is 17.3 Å². The first kappa shape index (κ1) is 18.2. The number of aromatic nitrogens is 2. The van der Waals surface area contributed by atoms with Crippen molar-refractivity contribution in [3.63, 3.8) is 0 Å². The molecule has 0 aliphatic heterocycles. The third kappa shape index (κ3) is 4.95. The van der Waals surface area contributed by atoms with Gasteiger partial charge >= 0.3 is 0 Å². The van der Waals surface area contributed by atoms with Gasteiger partial charge in [-0.15, -0.1) is 0 Å². The van der Waals surface area contributed by atoms with Gasteiger partial charge in [-0.2, -0.15) is 11.3 Å². The van der Waals surface area contributed by atoms with Crippen LogP contribution in [0.4, 0.5) is 0 Å². The molecule has 3 aromatic rings. The summed E-state index contributed by atoms with van der Waals surface area (Å²) in [6.07, 6.45) is 3.85. The van der Waals surface area contributed by atoms with Gasteiger partial charge in [-0.05, 0) is 33.9 Å². The average molecular weight is 368 g/mol.